The van der Waals surface area contributed by atoms with Crippen molar-refractivity contribution in [2.45, 2.75) is 25.0 Å². The van der Waals surface area contributed by atoms with E-state index < -0.39 is 17.3 Å². The van der Waals surface area contributed by atoms with Crippen LogP contribution in [0.15, 0.2) is 64.3 Å². The van der Waals surface area contributed by atoms with Gasteiger partial charge in [-0.05, 0) is 48.7 Å². The molecule has 0 bridgehead atoms. The van der Waals surface area contributed by atoms with Crippen molar-refractivity contribution < 1.29 is 23.1 Å². The molecule has 0 N–H and O–H groups in total. The number of halogens is 1. The standard InChI is InChI=1S/C25H22FNO5/c1-2-11-30-17-8-5-15(6-9-17)22-21-23(28)19-13-16(26)7-10-20(19)32-24(21)25(29)27(22)14-18-4-3-12-31-18/h2,5-10,13,18,22H,1,3-4,11-12,14H2. The van der Waals surface area contributed by atoms with E-state index in [0.29, 0.717) is 25.5 Å². The van der Waals surface area contributed by atoms with Gasteiger partial charge in [-0.25, -0.2) is 4.39 Å². The zero-order chi connectivity index (χ0) is 22.2. The molecule has 164 valence electrons. The first-order valence-corrected chi connectivity index (χ1v) is 10.6. The molecule has 3 aromatic rings. The second kappa shape index (κ2) is 8.24. The van der Waals surface area contributed by atoms with Gasteiger partial charge >= 0.3 is 0 Å². The van der Waals surface area contributed by atoms with Crippen LogP contribution >= 0.6 is 0 Å². The molecular formula is C25H22FNO5. The van der Waals surface area contributed by atoms with Crippen LogP contribution in [-0.4, -0.2) is 36.7 Å². The number of rotatable bonds is 6. The summed E-state index contributed by atoms with van der Waals surface area (Å²) in [6.45, 7) is 5.00. The van der Waals surface area contributed by atoms with Crippen molar-refractivity contribution in [2.75, 3.05) is 19.8 Å². The molecule has 0 spiro atoms. The van der Waals surface area contributed by atoms with Crippen LogP contribution in [0.25, 0.3) is 11.0 Å². The van der Waals surface area contributed by atoms with Crippen molar-refractivity contribution >= 4 is 16.9 Å². The number of carbonyl (C=O) groups excluding carboxylic acids is 1. The summed E-state index contributed by atoms with van der Waals surface area (Å²) in [5.41, 5.74) is 0.755. The smallest absolute Gasteiger partial charge is 0.291 e. The maximum atomic E-state index is 13.9. The van der Waals surface area contributed by atoms with Gasteiger partial charge in [-0.2, -0.15) is 0 Å². The summed E-state index contributed by atoms with van der Waals surface area (Å²) < 4.78 is 31.0. The summed E-state index contributed by atoms with van der Waals surface area (Å²) in [4.78, 5) is 28.4. The molecule has 1 fully saturated rings. The van der Waals surface area contributed by atoms with Crippen LogP contribution in [0.5, 0.6) is 5.75 Å². The molecule has 32 heavy (non-hydrogen) atoms. The molecule has 2 atom stereocenters. The van der Waals surface area contributed by atoms with Crippen molar-refractivity contribution in [3.05, 3.63) is 88.0 Å². The number of fused-ring (bicyclic) bond motifs is 2. The highest BCUT2D eigenvalue weighted by Crippen LogP contribution is 2.39. The minimum Gasteiger partial charge on any atom is -0.490 e. The Labute approximate surface area is 183 Å². The first kappa shape index (κ1) is 20.5. The molecule has 1 saturated heterocycles. The van der Waals surface area contributed by atoms with E-state index in [1.54, 1.807) is 23.1 Å². The third-order valence-corrected chi connectivity index (χ3v) is 5.92. The largest absolute Gasteiger partial charge is 0.490 e. The summed E-state index contributed by atoms with van der Waals surface area (Å²) in [5.74, 6) is -0.248. The van der Waals surface area contributed by atoms with E-state index in [2.05, 4.69) is 6.58 Å². The molecule has 6 nitrogen and oxygen atoms in total. The van der Waals surface area contributed by atoms with Crippen molar-refractivity contribution in [1.82, 2.24) is 4.90 Å². The van der Waals surface area contributed by atoms with E-state index in [4.69, 9.17) is 13.9 Å². The lowest BCUT2D eigenvalue weighted by atomic mass is 9.98. The minimum absolute atomic E-state index is 0.00379. The molecule has 2 aromatic carbocycles. The fourth-order valence-electron chi connectivity index (χ4n) is 4.44. The minimum atomic E-state index is -0.654. The number of benzene rings is 2. The van der Waals surface area contributed by atoms with E-state index in [-0.39, 0.29) is 34.3 Å². The number of carbonyl (C=O) groups is 1. The van der Waals surface area contributed by atoms with E-state index in [1.807, 2.05) is 12.1 Å². The predicted molar refractivity (Wildman–Crippen MR) is 116 cm³/mol. The molecule has 7 heteroatoms. The third-order valence-electron chi connectivity index (χ3n) is 5.92. The first-order valence-electron chi connectivity index (χ1n) is 10.6. The van der Waals surface area contributed by atoms with Crippen LogP contribution in [-0.2, 0) is 4.74 Å². The maximum Gasteiger partial charge on any atom is 0.291 e. The topological polar surface area (TPSA) is 69.0 Å². The molecule has 0 aliphatic carbocycles. The molecule has 0 radical (unpaired) electrons. The average molecular weight is 435 g/mol. The van der Waals surface area contributed by atoms with Gasteiger partial charge in [0.25, 0.3) is 5.91 Å². The highest BCUT2D eigenvalue weighted by Gasteiger charge is 2.43. The third kappa shape index (κ3) is 3.48. The molecule has 5 rings (SSSR count). The summed E-state index contributed by atoms with van der Waals surface area (Å²) in [6, 6.07) is 10.3. The van der Waals surface area contributed by atoms with Gasteiger partial charge < -0.3 is 18.8 Å². The van der Waals surface area contributed by atoms with Crippen LogP contribution in [0.4, 0.5) is 4.39 Å². The Kier molecular flexibility index (Phi) is 5.27. The summed E-state index contributed by atoms with van der Waals surface area (Å²) in [7, 11) is 0. The number of amides is 1. The predicted octanol–water partition coefficient (Wildman–Crippen LogP) is 4.22. The molecule has 1 amide bonds. The van der Waals surface area contributed by atoms with Crippen LogP contribution in [0.1, 0.15) is 40.6 Å². The molecule has 2 unspecified atom stereocenters. The van der Waals surface area contributed by atoms with Crippen LogP contribution in [0, 0.1) is 5.82 Å². The maximum absolute atomic E-state index is 13.9. The summed E-state index contributed by atoms with van der Waals surface area (Å²) >= 11 is 0. The molecule has 2 aliphatic rings. The van der Waals surface area contributed by atoms with Gasteiger partial charge in [0.1, 0.15) is 23.8 Å². The molecular weight excluding hydrogens is 413 g/mol. The van der Waals surface area contributed by atoms with Gasteiger partial charge in [0.2, 0.25) is 5.76 Å². The fourth-order valence-corrected chi connectivity index (χ4v) is 4.44. The summed E-state index contributed by atoms with van der Waals surface area (Å²) in [6.07, 6.45) is 3.32. The summed E-state index contributed by atoms with van der Waals surface area (Å²) in [5, 5.41) is 0.117. The van der Waals surface area contributed by atoms with Gasteiger partial charge in [0, 0.05) is 13.2 Å². The van der Waals surface area contributed by atoms with Crippen LogP contribution < -0.4 is 10.2 Å². The quantitative estimate of drug-likeness (QED) is 0.543. The first-order chi connectivity index (χ1) is 15.6. The van der Waals surface area contributed by atoms with E-state index in [0.717, 1.165) is 24.5 Å². The molecule has 1 aromatic heterocycles. The number of nitrogens with zero attached hydrogens (tertiary/aromatic N) is 1. The van der Waals surface area contributed by atoms with Crippen molar-refractivity contribution in [2.24, 2.45) is 0 Å². The van der Waals surface area contributed by atoms with E-state index in [9.17, 15) is 14.0 Å². The van der Waals surface area contributed by atoms with Gasteiger partial charge in [0.05, 0.1) is 23.1 Å². The Morgan fingerprint density at radius 1 is 1.19 bits per heavy atom. The lowest BCUT2D eigenvalue weighted by Crippen LogP contribution is -2.36. The Bertz CT molecular complexity index is 1240. The normalized spacial score (nSPS) is 20.0. The highest BCUT2D eigenvalue weighted by molar-refractivity contribution is 5.99. The van der Waals surface area contributed by atoms with Gasteiger partial charge in [0.15, 0.2) is 5.43 Å². The van der Waals surface area contributed by atoms with Crippen molar-refractivity contribution in [3.8, 4) is 5.75 Å². The van der Waals surface area contributed by atoms with Gasteiger partial charge in [-0.3, -0.25) is 9.59 Å². The average Bonchev–Trinajstić information content (AvgIpc) is 3.41. The Morgan fingerprint density at radius 2 is 2.00 bits per heavy atom. The second-order valence-corrected chi connectivity index (χ2v) is 7.98. The fraction of sp³-hybridized carbons (Fsp3) is 0.280. The number of hydrogen-bond donors (Lipinski definition) is 0. The molecule has 3 heterocycles. The SMILES string of the molecule is C=CCOc1ccc(C2c3c(oc4ccc(F)cc4c3=O)C(=O)N2CC2CCCO2)cc1. The van der Waals surface area contributed by atoms with Crippen LogP contribution in [0.3, 0.4) is 0 Å². The molecule has 2 aliphatic heterocycles. The lowest BCUT2D eigenvalue weighted by molar-refractivity contribution is 0.0486. The monoisotopic (exact) mass is 435 g/mol. The Balaban J connectivity index is 1.63. The van der Waals surface area contributed by atoms with Gasteiger partial charge in [-0.15, -0.1) is 0 Å². The lowest BCUT2D eigenvalue weighted by Gasteiger charge is -2.27. The van der Waals surface area contributed by atoms with Crippen molar-refractivity contribution in [3.63, 3.8) is 0 Å². The Morgan fingerprint density at radius 3 is 2.72 bits per heavy atom. The Hall–Kier alpha value is -3.45. The zero-order valence-corrected chi connectivity index (χ0v) is 17.4. The van der Waals surface area contributed by atoms with Gasteiger partial charge in [-0.1, -0.05) is 24.8 Å². The molecule has 0 saturated carbocycles. The highest BCUT2D eigenvalue weighted by atomic mass is 19.1. The second-order valence-electron chi connectivity index (χ2n) is 7.98. The van der Waals surface area contributed by atoms with E-state index in [1.165, 1.54) is 12.1 Å². The zero-order valence-electron chi connectivity index (χ0n) is 17.4. The number of hydrogen-bond acceptors (Lipinski definition) is 5. The van der Waals surface area contributed by atoms with Crippen LogP contribution in [0.2, 0.25) is 0 Å². The van der Waals surface area contributed by atoms with Crippen molar-refractivity contribution in [1.29, 1.82) is 0 Å². The van der Waals surface area contributed by atoms with E-state index >= 15 is 0 Å². The number of ether oxygens (including phenoxy) is 2.